The molecule has 0 amide bonds. The van der Waals surface area contributed by atoms with Gasteiger partial charge in [-0.1, -0.05) is 48.5 Å². The van der Waals surface area contributed by atoms with Crippen molar-refractivity contribution in [3.05, 3.63) is 70.8 Å². The summed E-state index contributed by atoms with van der Waals surface area (Å²) >= 11 is 0. The predicted molar refractivity (Wildman–Crippen MR) is 75.2 cm³/mol. The van der Waals surface area contributed by atoms with Gasteiger partial charge >= 0.3 is 12.4 Å². The molecule has 0 aliphatic heterocycles. The average Bonchev–Trinajstić information content (AvgIpc) is 2.40. The van der Waals surface area contributed by atoms with Crippen LogP contribution < -0.4 is 0 Å². The van der Waals surface area contributed by atoms with E-state index in [0.717, 1.165) is 12.1 Å². The first-order valence-electron chi connectivity index (χ1n) is 6.79. The van der Waals surface area contributed by atoms with Gasteiger partial charge in [0.15, 0.2) is 0 Å². The van der Waals surface area contributed by atoms with Crippen LogP contribution in [0.4, 0.5) is 26.3 Å². The van der Waals surface area contributed by atoms with Crippen LogP contribution in [0, 0.1) is 13.8 Å². The van der Waals surface area contributed by atoms with Crippen molar-refractivity contribution in [2.24, 2.45) is 0 Å². The number of halogens is 6. The van der Waals surface area contributed by atoms with Gasteiger partial charge in [0.05, 0.1) is 0 Å². The molecular weight excluding hydrogens is 318 g/mol. The maximum atomic E-state index is 13.9. The summed E-state index contributed by atoms with van der Waals surface area (Å²) in [5.74, 6) is 0. The van der Waals surface area contributed by atoms with Gasteiger partial charge in [-0.3, -0.25) is 0 Å². The monoisotopic (exact) mass is 332 g/mol. The first-order chi connectivity index (χ1) is 10.5. The molecule has 0 saturated carbocycles. The fraction of sp³-hybridized carbons (Fsp3) is 0.294. The molecule has 6 heteroatoms. The summed E-state index contributed by atoms with van der Waals surface area (Å²) in [7, 11) is 0. The molecule has 0 bridgehead atoms. The van der Waals surface area contributed by atoms with E-state index in [1.807, 2.05) is 0 Å². The van der Waals surface area contributed by atoms with Gasteiger partial charge in [-0.15, -0.1) is 0 Å². The largest absolute Gasteiger partial charge is 0.411 e. The van der Waals surface area contributed by atoms with Crippen molar-refractivity contribution in [2.45, 2.75) is 31.6 Å². The van der Waals surface area contributed by atoms with E-state index in [1.54, 1.807) is 0 Å². The Kier molecular flexibility index (Phi) is 4.22. The molecule has 0 N–H and O–H groups in total. The lowest BCUT2D eigenvalue weighted by Gasteiger charge is -2.40. The summed E-state index contributed by atoms with van der Waals surface area (Å²) < 4.78 is 83.3. The van der Waals surface area contributed by atoms with Gasteiger partial charge in [0.25, 0.3) is 0 Å². The fourth-order valence-corrected chi connectivity index (χ4v) is 2.90. The quantitative estimate of drug-likeness (QED) is 0.618. The Bertz CT molecular complexity index is 635. The number of aryl methyl sites for hydroxylation is 2. The van der Waals surface area contributed by atoms with Crippen LogP contribution in [0.15, 0.2) is 48.5 Å². The van der Waals surface area contributed by atoms with Gasteiger partial charge in [-0.25, -0.2) is 0 Å². The second kappa shape index (κ2) is 5.58. The normalized spacial score (nSPS) is 13.2. The zero-order valence-electron chi connectivity index (χ0n) is 12.4. The first-order valence-corrected chi connectivity index (χ1v) is 6.79. The number of benzene rings is 2. The van der Waals surface area contributed by atoms with Crippen LogP contribution in [-0.4, -0.2) is 12.4 Å². The Balaban J connectivity index is 3.01. The van der Waals surface area contributed by atoms with Crippen LogP contribution in [0.1, 0.15) is 22.3 Å². The number of rotatable bonds is 2. The van der Waals surface area contributed by atoms with E-state index in [9.17, 15) is 26.3 Å². The van der Waals surface area contributed by atoms with Crippen LogP contribution in [-0.2, 0) is 5.41 Å². The second-order valence-electron chi connectivity index (χ2n) is 5.38. The minimum absolute atomic E-state index is 0.0644. The van der Waals surface area contributed by atoms with E-state index in [4.69, 9.17) is 0 Å². The minimum Gasteiger partial charge on any atom is -0.169 e. The first kappa shape index (κ1) is 17.4. The van der Waals surface area contributed by atoms with Gasteiger partial charge in [0, 0.05) is 0 Å². The summed E-state index contributed by atoms with van der Waals surface area (Å²) in [5.41, 5.74) is -5.78. The van der Waals surface area contributed by atoms with Crippen molar-refractivity contribution in [2.75, 3.05) is 0 Å². The molecule has 0 unspecified atom stereocenters. The molecule has 0 atom stereocenters. The highest BCUT2D eigenvalue weighted by atomic mass is 19.4. The molecule has 0 aliphatic carbocycles. The Hall–Kier alpha value is -1.98. The van der Waals surface area contributed by atoms with Crippen molar-refractivity contribution in [1.82, 2.24) is 0 Å². The third-order valence-electron chi connectivity index (χ3n) is 3.95. The molecule has 0 nitrogen and oxygen atoms in total. The van der Waals surface area contributed by atoms with E-state index in [2.05, 4.69) is 0 Å². The predicted octanol–water partition coefficient (Wildman–Crippen LogP) is 5.71. The van der Waals surface area contributed by atoms with Crippen LogP contribution >= 0.6 is 0 Å². The van der Waals surface area contributed by atoms with Crippen molar-refractivity contribution >= 4 is 0 Å². The van der Waals surface area contributed by atoms with Crippen molar-refractivity contribution in [3.63, 3.8) is 0 Å². The highest BCUT2D eigenvalue weighted by Gasteiger charge is 2.73. The Labute approximate surface area is 129 Å². The third-order valence-corrected chi connectivity index (χ3v) is 3.95. The zero-order valence-corrected chi connectivity index (χ0v) is 12.4. The molecule has 0 radical (unpaired) electrons. The summed E-state index contributed by atoms with van der Waals surface area (Å²) in [4.78, 5) is 0. The standard InChI is InChI=1S/C17H14F6/c1-11-7-3-5-9-13(11)15(16(18,19)20,17(21,22)23)14-10-6-4-8-12(14)2/h3-10H,1-2H3. The van der Waals surface area contributed by atoms with Crippen LogP contribution in [0.3, 0.4) is 0 Å². The molecular formula is C17H14F6. The molecule has 2 aromatic rings. The van der Waals surface area contributed by atoms with Crippen molar-refractivity contribution in [3.8, 4) is 0 Å². The molecule has 0 saturated heterocycles. The summed E-state index contributed by atoms with van der Waals surface area (Å²) in [6, 6.07) is 9.48. The molecule has 0 aromatic heterocycles. The molecule has 124 valence electrons. The lowest BCUT2D eigenvalue weighted by molar-refractivity contribution is -0.289. The van der Waals surface area contributed by atoms with Gasteiger partial charge < -0.3 is 0 Å². The van der Waals surface area contributed by atoms with Gasteiger partial charge in [0.1, 0.15) is 0 Å². The highest BCUT2D eigenvalue weighted by molar-refractivity contribution is 5.50. The smallest absolute Gasteiger partial charge is 0.169 e. The Morgan fingerprint density at radius 3 is 1.13 bits per heavy atom. The highest BCUT2D eigenvalue weighted by Crippen LogP contribution is 2.57. The Morgan fingerprint density at radius 1 is 0.565 bits per heavy atom. The lowest BCUT2D eigenvalue weighted by Crippen LogP contribution is -2.55. The lowest BCUT2D eigenvalue weighted by atomic mass is 9.70. The minimum atomic E-state index is -5.54. The molecule has 0 spiro atoms. The number of alkyl halides is 6. The summed E-state index contributed by atoms with van der Waals surface area (Å²) in [6.45, 7) is 2.50. The molecule has 0 heterocycles. The van der Waals surface area contributed by atoms with Crippen molar-refractivity contribution < 1.29 is 26.3 Å². The molecule has 2 rings (SSSR count). The summed E-state index contributed by atoms with van der Waals surface area (Å²) in [5, 5.41) is 0. The SMILES string of the molecule is Cc1ccccc1C(c1ccccc1C)(C(F)(F)F)C(F)(F)F. The van der Waals surface area contributed by atoms with E-state index in [-0.39, 0.29) is 11.1 Å². The van der Waals surface area contributed by atoms with Gasteiger partial charge in [-0.05, 0) is 36.1 Å². The van der Waals surface area contributed by atoms with Crippen LogP contribution in [0.5, 0.6) is 0 Å². The molecule has 23 heavy (non-hydrogen) atoms. The van der Waals surface area contributed by atoms with Crippen molar-refractivity contribution in [1.29, 1.82) is 0 Å². The molecule has 2 aromatic carbocycles. The number of hydrogen-bond donors (Lipinski definition) is 0. The average molecular weight is 332 g/mol. The molecule has 0 fully saturated rings. The Morgan fingerprint density at radius 2 is 0.870 bits per heavy atom. The third kappa shape index (κ3) is 2.60. The van der Waals surface area contributed by atoms with Crippen LogP contribution in [0.25, 0.3) is 0 Å². The second-order valence-corrected chi connectivity index (χ2v) is 5.38. The van der Waals surface area contributed by atoms with E-state index in [0.29, 0.717) is 0 Å². The van der Waals surface area contributed by atoms with Gasteiger partial charge in [-0.2, -0.15) is 26.3 Å². The van der Waals surface area contributed by atoms with E-state index in [1.165, 1.54) is 50.2 Å². The van der Waals surface area contributed by atoms with Gasteiger partial charge in [0.2, 0.25) is 5.41 Å². The fourth-order valence-electron chi connectivity index (χ4n) is 2.90. The van der Waals surface area contributed by atoms with E-state index < -0.39 is 28.9 Å². The zero-order chi connectivity index (χ0) is 17.5. The maximum Gasteiger partial charge on any atom is 0.411 e. The maximum absolute atomic E-state index is 13.9. The van der Waals surface area contributed by atoms with E-state index >= 15 is 0 Å². The topological polar surface area (TPSA) is 0 Å². The molecule has 0 aliphatic rings. The summed E-state index contributed by atoms with van der Waals surface area (Å²) in [6.07, 6.45) is -11.1. The van der Waals surface area contributed by atoms with Crippen LogP contribution in [0.2, 0.25) is 0 Å². The number of hydrogen-bond acceptors (Lipinski definition) is 0.